The molecule has 0 aromatic rings. The van der Waals surface area contributed by atoms with E-state index in [9.17, 15) is 8.42 Å². The van der Waals surface area contributed by atoms with Crippen molar-refractivity contribution in [1.82, 2.24) is 5.32 Å². The first-order chi connectivity index (χ1) is 7.58. The summed E-state index contributed by atoms with van der Waals surface area (Å²) in [6.07, 6.45) is 6.50. The van der Waals surface area contributed by atoms with Crippen LogP contribution in [0.2, 0.25) is 0 Å². The summed E-state index contributed by atoms with van der Waals surface area (Å²) in [5, 5.41) is 3.23. The van der Waals surface area contributed by atoms with Crippen molar-refractivity contribution in [2.75, 3.05) is 12.3 Å². The molecule has 1 N–H and O–H groups in total. The van der Waals surface area contributed by atoms with Crippen LogP contribution < -0.4 is 5.32 Å². The Kier molecular flexibility index (Phi) is 3.90. The minimum Gasteiger partial charge on any atom is -0.313 e. The number of hydrogen-bond acceptors (Lipinski definition) is 3. The van der Waals surface area contributed by atoms with Crippen LogP contribution in [0.4, 0.5) is 0 Å². The van der Waals surface area contributed by atoms with Crippen LogP contribution in [0.1, 0.15) is 45.4 Å². The van der Waals surface area contributed by atoms with Gasteiger partial charge in [-0.2, -0.15) is 0 Å². The smallest absolute Gasteiger partial charge is 0.154 e. The Morgan fingerprint density at radius 3 is 2.56 bits per heavy atom. The molecule has 94 valence electrons. The van der Waals surface area contributed by atoms with E-state index >= 15 is 0 Å². The Morgan fingerprint density at radius 1 is 1.19 bits per heavy atom. The predicted octanol–water partition coefficient (Wildman–Crippen LogP) is 1.73. The van der Waals surface area contributed by atoms with Gasteiger partial charge in [-0.25, -0.2) is 8.42 Å². The highest BCUT2D eigenvalue weighted by Gasteiger charge is 2.30. The van der Waals surface area contributed by atoms with Gasteiger partial charge in [0, 0.05) is 12.6 Å². The summed E-state index contributed by atoms with van der Waals surface area (Å²) < 4.78 is 24.2. The Hall–Kier alpha value is -0.0900. The van der Waals surface area contributed by atoms with Crippen LogP contribution >= 0.6 is 0 Å². The summed E-state index contributed by atoms with van der Waals surface area (Å²) in [6, 6.07) is 0.612. The zero-order valence-corrected chi connectivity index (χ0v) is 10.9. The van der Waals surface area contributed by atoms with Crippen molar-refractivity contribution in [3.63, 3.8) is 0 Å². The molecule has 0 heterocycles. The second kappa shape index (κ2) is 5.05. The molecule has 0 aromatic heterocycles. The second-order valence-electron chi connectivity index (χ2n) is 5.49. The van der Waals surface area contributed by atoms with E-state index in [4.69, 9.17) is 0 Å². The van der Waals surface area contributed by atoms with E-state index in [1.807, 2.05) is 0 Å². The van der Waals surface area contributed by atoms with Crippen molar-refractivity contribution >= 4 is 9.84 Å². The lowest BCUT2D eigenvalue weighted by Crippen LogP contribution is -2.33. The van der Waals surface area contributed by atoms with Crippen molar-refractivity contribution in [3.05, 3.63) is 0 Å². The minimum absolute atomic E-state index is 0.0581. The molecule has 3 nitrogen and oxygen atoms in total. The highest BCUT2D eigenvalue weighted by Crippen LogP contribution is 2.28. The molecule has 0 aromatic carbocycles. The zero-order chi connectivity index (χ0) is 11.6. The van der Waals surface area contributed by atoms with Crippen LogP contribution in [-0.2, 0) is 9.84 Å². The number of rotatable bonds is 5. The van der Waals surface area contributed by atoms with E-state index < -0.39 is 9.84 Å². The summed E-state index contributed by atoms with van der Waals surface area (Å²) in [4.78, 5) is 0. The molecule has 2 aliphatic rings. The quantitative estimate of drug-likeness (QED) is 0.802. The van der Waals surface area contributed by atoms with Gasteiger partial charge >= 0.3 is 0 Å². The zero-order valence-electron chi connectivity index (χ0n) is 10.1. The molecule has 0 bridgehead atoms. The maximum atomic E-state index is 12.1. The molecule has 2 fully saturated rings. The number of hydrogen-bond donors (Lipinski definition) is 1. The maximum absolute atomic E-state index is 12.1. The van der Waals surface area contributed by atoms with E-state index in [0.717, 1.165) is 19.3 Å². The lowest BCUT2D eigenvalue weighted by molar-refractivity contribution is 0.382. The van der Waals surface area contributed by atoms with Crippen molar-refractivity contribution < 1.29 is 8.42 Å². The van der Waals surface area contributed by atoms with E-state index in [1.165, 1.54) is 19.3 Å². The maximum Gasteiger partial charge on any atom is 0.154 e. The van der Waals surface area contributed by atoms with Crippen LogP contribution in [0.15, 0.2) is 0 Å². The third kappa shape index (κ3) is 3.45. The standard InChI is InChI=1S/C12H23NO2S/c1-10-3-2-4-12(9-10)16(14,15)8-7-13-11-5-6-11/h10-13H,2-9H2,1H3. The second-order valence-corrected chi connectivity index (χ2v) is 7.89. The molecule has 0 aliphatic heterocycles. The summed E-state index contributed by atoms with van der Waals surface area (Å²) >= 11 is 0. The SMILES string of the molecule is CC1CCCC(S(=O)(=O)CCNC2CC2)C1. The van der Waals surface area contributed by atoms with Crippen molar-refractivity contribution in [1.29, 1.82) is 0 Å². The van der Waals surface area contributed by atoms with Gasteiger partial charge in [-0.05, 0) is 31.6 Å². The van der Waals surface area contributed by atoms with Gasteiger partial charge < -0.3 is 5.32 Å². The van der Waals surface area contributed by atoms with Gasteiger partial charge in [0.2, 0.25) is 0 Å². The highest BCUT2D eigenvalue weighted by atomic mass is 32.2. The first kappa shape index (κ1) is 12.4. The van der Waals surface area contributed by atoms with Crippen LogP contribution in [0.3, 0.4) is 0 Å². The van der Waals surface area contributed by atoms with Crippen molar-refractivity contribution in [2.24, 2.45) is 5.92 Å². The lowest BCUT2D eigenvalue weighted by atomic mass is 9.91. The molecule has 0 amide bonds. The Balaban J connectivity index is 1.79. The Morgan fingerprint density at radius 2 is 1.94 bits per heavy atom. The van der Waals surface area contributed by atoms with Gasteiger partial charge in [-0.15, -0.1) is 0 Å². The number of sulfone groups is 1. The minimum atomic E-state index is -2.85. The third-order valence-electron chi connectivity index (χ3n) is 3.79. The van der Waals surface area contributed by atoms with Crippen LogP contribution in [-0.4, -0.2) is 32.0 Å². The molecule has 2 rings (SSSR count). The average molecular weight is 245 g/mol. The Labute approximate surface area is 98.9 Å². The fraction of sp³-hybridized carbons (Fsp3) is 1.00. The van der Waals surface area contributed by atoms with E-state index in [1.54, 1.807) is 0 Å². The van der Waals surface area contributed by atoms with Gasteiger partial charge in [0.1, 0.15) is 0 Å². The molecular formula is C12H23NO2S. The van der Waals surface area contributed by atoms with Gasteiger partial charge in [-0.3, -0.25) is 0 Å². The molecule has 16 heavy (non-hydrogen) atoms. The average Bonchev–Trinajstić information content (AvgIpc) is 3.01. The van der Waals surface area contributed by atoms with Crippen LogP contribution in [0, 0.1) is 5.92 Å². The summed E-state index contributed by atoms with van der Waals surface area (Å²) in [6.45, 7) is 2.82. The topological polar surface area (TPSA) is 46.2 Å². The molecule has 0 saturated heterocycles. The molecule has 2 unspecified atom stereocenters. The third-order valence-corrected chi connectivity index (χ3v) is 6.01. The lowest BCUT2D eigenvalue weighted by Gasteiger charge is -2.26. The van der Waals surface area contributed by atoms with Crippen LogP contribution in [0.5, 0.6) is 0 Å². The summed E-state index contributed by atoms with van der Waals surface area (Å²) in [5.74, 6) is 0.922. The Bertz CT molecular complexity index is 322. The molecule has 0 radical (unpaired) electrons. The van der Waals surface area contributed by atoms with E-state index in [-0.39, 0.29) is 5.25 Å². The molecule has 2 aliphatic carbocycles. The summed E-state index contributed by atoms with van der Waals surface area (Å²) in [7, 11) is -2.85. The fourth-order valence-corrected chi connectivity index (χ4v) is 4.45. The fourth-order valence-electron chi connectivity index (χ4n) is 2.56. The predicted molar refractivity (Wildman–Crippen MR) is 66.2 cm³/mol. The molecule has 0 spiro atoms. The van der Waals surface area contributed by atoms with Gasteiger partial charge in [0.15, 0.2) is 9.84 Å². The van der Waals surface area contributed by atoms with Crippen molar-refractivity contribution in [3.8, 4) is 0 Å². The first-order valence-electron chi connectivity index (χ1n) is 6.53. The highest BCUT2D eigenvalue weighted by molar-refractivity contribution is 7.92. The molecule has 2 atom stereocenters. The van der Waals surface area contributed by atoms with E-state index in [2.05, 4.69) is 12.2 Å². The molecular weight excluding hydrogens is 222 g/mol. The van der Waals surface area contributed by atoms with Crippen molar-refractivity contribution in [2.45, 2.75) is 56.7 Å². The van der Waals surface area contributed by atoms with Gasteiger partial charge in [0.05, 0.1) is 11.0 Å². The monoisotopic (exact) mass is 245 g/mol. The molecule has 2 saturated carbocycles. The summed E-state index contributed by atoms with van der Waals surface area (Å²) in [5.41, 5.74) is 0. The van der Waals surface area contributed by atoms with E-state index in [0.29, 0.717) is 24.3 Å². The van der Waals surface area contributed by atoms with Crippen LogP contribution in [0.25, 0.3) is 0 Å². The van der Waals surface area contributed by atoms with Gasteiger partial charge in [-0.1, -0.05) is 19.8 Å². The molecule has 4 heteroatoms. The first-order valence-corrected chi connectivity index (χ1v) is 8.24. The largest absolute Gasteiger partial charge is 0.313 e. The van der Waals surface area contributed by atoms with Gasteiger partial charge in [0.25, 0.3) is 0 Å². The normalized spacial score (nSPS) is 31.6. The number of nitrogens with one attached hydrogen (secondary N) is 1.